The van der Waals surface area contributed by atoms with Crippen LogP contribution in [0, 0.1) is 6.92 Å². The quantitative estimate of drug-likeness (QED) is 0.458. The first-order valence-electron chi connectivity index (χ1n) is 7.15. The minimum absolute atomic E-state index is 0.167. The van der Waals surface area contributed by atoms with E-state index in [1.807, 2.05) is 13.0 Å². The highest BCUT2D eigenvalue weighted by atomic mass is 16.7. The second kappa shape index (κ2) is 5.54. The lowest BCUT2D eigenvalue weighted by Gasteiger charge is -2.46. The molecule has 1 aromatic carbocycles. The van der Waals surface area contributed by atoms with Crippen LogP contribution in [-0.4, -0.2) is 56.6 Å². The fraction of sp³-hybridized carbons (Fsp3) is 0.600. The third-order valence-corrected chi connectivity index (χ3v) is 4.50. The summed E-state index contributed by atoms with van der Waals surface area (Å²) >= 11 is 0. The predicted molar refractivity (Wildman–Crippen MR) is 73.5 cm³/mol. The van der Waals surface area contributed by atoms with Crippen LogP contribution in [0.1, 0.15) is 22.3 Å². The maximum atomic E-state index is 10.4. The fourth-order valence-electron chi connectivity index (χ4n) is 3.17. The Balaban J connectivity index is 2.09. The summed E-state index contributed by atoms with van der Waals surface area (Å²) in [6.07, 6.45) is -5.53. The van der Waals surface area contributed by atoms with Crippen molar-refractivity contribution < 1.29 is 35.0 Å². The number of aliphatic hydroxyl groups excluding tert-OH is 5. The third kappa shape index (κ3) is 2.10. The number of benzene rings is 1. The van der Waals surface area contributed by atoms with Gasteiger partial charge in [0.2, 0.25) is 5.79 Å². The van der Waals surface area contributed by atoms with Crippen LogP contribution in [-0.2, 0) is 28.5 Å². The number of rotatable bonds is 2. The summed E-state index contributed by atoms with van der Waals surface area (Å²) in [6.45, 7) is 1.31. The molecule has 1 fully saturated rings. The second-order valence-electron chi connectivity index (χ2n) is 5.82. The summed E-state index contributed by atoms with van der Waals surface area (Å²) in [7, 11) is 0. The molecule has 7 nitrogen and oxygen atoms in total. The predicted octanol–water partition coefficient (Wildman–Crippen LogP) is -1.36. The number of aliphatic hydroxyl groups is 5. The first kappa shape index (κ1) is 15.8. The Labute approximate surface area is 127 Å². The van der Waals surface area contributed by atoms with Crippen molar-refractivity contribution in [1.29, 1.82) is 0 Å². The van der Waals surface area contributed by atoms with Gasteiger partial charge in [-0.3, -0.25) is 0 Å². The Hall–Kier alpha value is -1.06. The summed E-state index contributed by atoms with van der Waals surface area (Å²) in [5.41, 5.74) is 2.81. The minimum atomic E-state index is -1.65. The van der Waals surface area contributed by atoms with Gasteiger partial charge in [0.1, 0.15) is 24.4 Å². The zero-order valence-corrected chi connectivity index (χ0v) is 12.1. The molecular weight excluding hydrogens is 292 g/mol. The van der Waals surface area contributed by atoms with Gasteiger partial charge < -0.3 is 35.0 Å². The molecule has 1 saturated heterocycles. The van der Waals surface area contributed by atoms with E-state index < -0.39 is 36.8 Å². The van der Waals surface area contributed by atoms with Crippen molar-refractivity contribution in [2.45, 2.75) is 50.3 Å². The summed E-state index contributed by atoms with van der Waals surface area (Å²) in [5.74, 6) is -1.65. The molecule has 0 amide bonds. The topological polar surface area (TPSA) is 120 Å². The van der Waals surface area contributed by atoms with Crippen molar-refractivity contribution >= 4 is 0 Å². The van der Waals surface area contributed by atoms with E-state index in [9.17, 15) is 25.5 Å². The first-order valence-corrected chi connectivity index (χ1v) is 7.15. The van der Waals surface area contributed by atoms with Crippen molar-refractivity contribution in [1.82, 2.24) is 0 Å². The van der Waals surface area contributed by atoms with Crippen molar-refractivity contribution in [3.8, 4) is 0 Å². The molecule has 1 spiro atoms. The Morgan fingerprint density at radius 2 is 1.91 bits per heavy atom. The normalized spacial score (nSPS) is 37.5. The van der Waals surface area contributed by atoms with E-state index in [1.54, 1.807) is 6.07 Å². The summed E-state index contributed by atoms with van der Waals surface area (Å²) < 4.78 is 11.3. The van der Waals surface area contributed by atoms with Gasteiger partial charge in [0, 0.05) is 5.56 Å². The molecule has 22 heavy (non-hydrogen) atoms. The van der Waals surface area contributed by atoms with Gasteiger partial charge in [-0.1, -0.05) is 6.07 Å². The monoisotopic (exact) mass is 312 g/mol. The highest BCUT2D eigenvalue weighted by Crippen LogP contribution is 2.46. The van der Waals surface area contributed by atoms with E-state index in [0.717, 1.165) is 11.1 Å². The van der Waals surface area contributed by atoms with Crippen LogP contribution in [0.25, 0.3) is 0 Å². The number of aryl methyl sites for hydroxylation is 1. The van der Waals surface area contributed by atoms with Crippen LogP contribution in [0.15, 0.2) is 12.1 Å². The number of hydrogen-bond acceptors (Lipinski definition) is 7. The molecule has 3 rings (SSSR count). The van der Waals surface area contributed by atoms with Gasteiger partial charge in [-0.2, -0.15) is 0 Å². The van der Waals surface area contributed by atoms with Crippen molar-refractivity contribution in [3.05, 3.63) is 34.4 Å². The Morgan fingerprint density at radius 3 is 2.55 bits per heavy atom. The molecule has 2 heterocycles. The van der Waals surface area contributed by atoms with Crippen LogP contribution >= 0.6 is 0 Å². The van der Waals surface area contributed by atoms with Crippen LogP contribution < -0.4 is 0 Å². The molecule has 2 aliphatic rings. The fourth-order valence-corrected chi connectivity index (χ4v) is 3.17. The molecule has 0 aromatic heterocycles. The highest BCUT2D eigenvalue weighted by molar-refractivity contribution is 5.43. The van der Waals surface area contributed by atoms with Crippen LogP contribution in [0.2, 0.25) is 0 Å². The van der Waals surface area contributed by atoms with E-state index in [2.05, 4.69) is 0 Å². The zero-order chi connectivity index (χ0) is 16.1. The summed E-state index contributed by atoms with van der Waals surface area (Å²) in [4.78, 5) is 0. The Bertz CT molecular complexity index is 573. The van der Waals surface area contributed by atoms with E-state index in [-0.39, 0.29) is 13.2 Å². The van der Waals surface area contributed by atoms with Gasteiger partial charge in [-0.05, 0) is 29.7 Å². The molecule has 5 atom stereocenters. The minimum Gasteiger partial charge on any atom is -0.394 e. The smallest absolute Gasteiger partial charge is 0.225 e. The highest BCUT2D eigenvalue weighted by Gasteiger charge is 2.58. The molecule has 0 aliphatic carbocycles. The SMILES string of the molecule is Cc1cc2c(cc1CO)[C@]1(OC2)O[C@H](CO)[C@@H](O)[C@H](O)[C@H]1O. The van der Waals surface area contributed by atoms with E-state index >= 15 is 0 Å². The van der Waals surface area contributed by atoms with Crippen molar-refractivity contribution in [2.24, 2.45) is 0 Å². The standard InChI is InChI=1S/C15H20O7/c1-7-2-9-6-21-15(10(9)3-8(7)4-16)14(20)13(19)12(18)11(5-17)22-15/h2-3,11-14,16-20H,4-6H2,1H3/t11-,12-,13+,14-,15+/m1/s1. The van der Waals surface area contributed by atoms with Crippen LogP contribution in [0.4, 0.5) is 0 Å². The van der Waals surface area contributed by atoms with Gasteiger partial charge in [-0.15, -0.1) is 0 Å². The second-order valence-corrected chi connectivity index (χ2v) is 5.82. The average molecular weight is 312 g/mol. The molecule has 0 radical (unpaired) electrons. The van der Waals surface area contributed by atoms with Crippen molar-refractivity contribution in [3.63, 3.8) is 0 Å². The Kier molecular flexibility index (Phi) is 3.98. The maximum absolute atomic E-state index is 10.4. The van der Waals surface area contributed by atoms with Gasteiger partial charge in [0.05, 0.1) is 19.8 Å². The molecule has 0 saturated carbocycles. The first-order chi connectivity index (χ1) is 10.4. The number of fused-ring (bicyclic) bond motifs is 2. The largest absolute Gasteiger partial charge is 0.394 e. The van der Waals surface area contributed by atoms with E-state index in [1.165, 1.54) is 0 Å². The average Bonchev–Trinajstić information content (AvgIpc) is 2.86. The maximum Gasteiger partial charge on any atom is 0.225 e. The van der Waals surface area contributed by atoms with Crippen LogP contribution in [0.3, 0.4) is 0 Å². The molecule has 7 heteroatoms. The molecule has 1 aromatic rings. The lowest BCUT2D eigenvalue weighted by Crippen LogP contribution is -2.63. The lowest BCUT2D eigenvalue weighted by molar-refractivity contribution is -0.368. The molecular formula is C15H20O7. The summed E-state index contributed by atoms with van der Waals surface area (Å²) in [5, 5.41) is 49.1. The number of hydrogen-bond donors (Lipinski definition) is 5. The van der Waals surface area contributed by atoms with Gasteiger partial charge in [0.25, 0.3) is 0 Å². The van der Waals surface area contributed by atoms with Crippen LogP contribution in [0.5, 0.6) is 0 Å². The van der Waals surface area contributed by atoms with Gasteiger partial charge in [0.15, 0.2) is 0 Å². The summed E-state index contributed by atoms with van der Waals surface area (Å²) in [6, 6.07) is 3.50. The van der Waals surface area contributed by atoms with Crippen molar-refractivity contribution in [2.75, 3.05) is 6.61 Å². The molecule has 0 bridgehead atoms. The third-order valence-electron chi connectivity index (χ3n) is 4.50. The van der Waals surface area contributed by atoms with Gasteiger partial charge >= 0.3 is 0 Å². The molecule has 122 valence electrons. The van der Waals surface area contributed by atoms with Gasteiger partial charge in [-0.25, -0.2) is 0 Å². The number of ether oxygens (including phenoxy) is 2. The molecule has 0 unspecified atom stereocenters. The lowest BCUT2D eigenvalue weighted by atomic mass is 9.86. The van der Waals surface area contributed by atoms with E-state index in [4.69, 9.17) is 9.47 Å². The molecule has 2 aliphatic heterocycles. The van der Waals surface area contributed by atoms with E-state index in [0.29, 0.717) is 11.1 Å². The zero-order valence-electron chi connectivity index (χ0n) is 12.1. The Morgan fingerprint density at radius 1 is 1.18 bits per heavy atom. The molecule has 5 N–H and O–H groups in total.